The number of nitrogens with zero attached hydrogens (tertiary/aromatic N) is 3. The van der Waals surface area contributed by atoms with Gasteiger partial charge in [-0.25, -0.2) is 4.79 Å². The molecule has 5 nitrogen and oxygen atoms in total. The third kappa shape index (κ3) is 4.14. The average molecular weight is 343 g/mol. The molecule has 2 saturated heterocycles. The van der Waals surface area contributed by atoms with E-state index in [2.05, 4.69) is 29.2 Å². The summed E-state index contributed by atoms with van der Waals surface area (Å²) >= 11 is 0. The molecule has 2 heterocycles. The van der Waals surface area contributed by atoms with Crippen molar-refractivity contribution in [2.45, 2.75) is 38.1 Å². The molecule has 0 spiro atoms. The van der Waals surface area contributed by atoms with E-state index in [4.69, 9.17) is 0 Å². The quantitative estimate of drug-likeness (QED) is 0.847. The summed E-state index contributed by atoms with van der Waals surface area (Å²) in [5.74, 6) is 0.373. The van der Waals surface area contributed by atoms with Gasteiger partial charge in [0, 0.05) is 45.7 Å². The molecule has 2 aliphatic rings. The summed E-state index contributed by atoms with van der Waals surface area (Å²) in [7, 11) is 3.55. The first-order valence-electron chi connectivity index (χ1n) is 9.37. The number of amides is 3. The third-order valence-electron chi connectivity index (χ3n) is 5.47. The van der Waals surface area contributed by atoms with E-state index in [0.29, 0.717) is 25.0 Å². The van der Waals surface area contributed by atoms with Gasteiger partial charge in [0.15, 0.2) is 0 Å². The molecule has 0 radical (unpaired) electrons. The number of urea groups is 1. The zero-order valence-corrected chi connectivity index (χ0v) is 15.4. The summed E-state index contributed by atoms with van der Waals surface area (Å²) in [4.78, 5) is 30.6. The maximum Gasteiger partial charge on any atom is 0.319 e. The number of hydrogen-bond acceptors (Lipinski definition) is 2. The maximum atomic E-state index is 13.0. The molecule has 1 unspecified atom stereocenters. The smallest absolute Gasteiger partial charge is 0.319 e. The summed E-state index contributed by atoms with van der Waals surface area (Å²) < 4.78 is 0. The van der Waals surface area contributed by atoms with Gasteiger partial charge in [-0.15, -0.1) is 0 Å². The molecule has 25 heavy (non-hydrogen) atoms. The minimum atomic E-state index is 0.0500. The van der Waals surface area contributed by atoms with Gasteiger partial charge in [-0.1, -0.05) is 30.3 Å². The van der Waals surface area contributed by atoms with Crippen LogP contribution in [0, 0.1) is 5.92 Å². The number of carbonyl (C=O) groups excluding carboxylic acids is 2. The van der Waals surface area contributed by atoms with E-state index >= 15 is 0 Å². The van der Waals surface area contributed by atoms with E-state index in [1.807, 2.05) is 11.0 Å². The summed E-state index contributed by atoms with van der Waals surface area (Å²) in [6, 6.07) is 10.8. The van der Waals surface area contributed by atoms with E-state index < -0.39 is 0 Å². The van der Waals surface area contributed by atoms with Crippen LogP contribution in [0.4, 0.5) is 4.79 Å². The van der Waals surface area contributed by atoms with Crippen molar-refractivity contribution in [1.82, 2.24) is 14.7 Å². The van der Waals surface area contributed by atoms with Crippen LogP contribution >= 0.6 is 0 Å². The number of hydrogen-bond donors (Lipinski definition) is 0. The van der Waals surface area contributed by atoms with E-state index in [1.165, 1.54) is 5.56 Å². The molecule has 3 rings (SSSR count). The summed E-state index contributed by atoms with van der Waals surface area (Å²) in [5.41, 5.74) is 1.30. The Kier molecular flexibility index (Phi) is 5.61. The summed E-state index contributed by atoms with van der Waals surface area (Å²) in [6.07, 6.45) is 4.71. The average Bonchev–Trinajstić information content (AvgIpc) is 3.09. The van der Waals surface area contributed by atoms with E-state index in [1.54, 1.807) is 19.0 Å². The van der Waals surface area contributed by atoms with Gasteiger partial charge in [-0.3, -0.25) is 4.79 Å². The molecule has 3 amide bonds. The van der Waals surface area contributed by atoms with Crippen molar-refractivity contribution in [3.8, 4) is 0 Å². The van der Waals surface area contributed by atoms with Crippen molar-refractivity contribution in [3.63, 3.8) is 0 Å². The highest BCUT2D eigenvalue weighted by Gasteiger charge is 2.35. The van der Waals surface area contributed by atoms with Crippen LogP contribution in [-0.2, 0) is 11.2 Å². The van der Waals surface area contributed by atoms with Gasteiger partial charge >= 0.3 is 6.03 Å². The minimum Gasteiger partial charge on any atom is -0.339 e. The minimum absolute atomic E-state index is 0.0500. The zero-order valence-electron chi connectivity index (χ0n) is 15.4. The lowest BCUT2D eigenvalue weighted by Gasteiger charge is -2.36. The predicted octanol–water partition coefficient (Wildman–Crippen LogP) is 2.61. The van der Waals surface area contributed by atoms with Gasteiger partial charge in [0.05, 0.1) is 0 Å². The first kappa shape index (κ1) is 17.8. The molecule has 0 bridgehead atoms. The first-order chi connectivity index (χ1) is 12.1. The number of piperidine rings is 1. The monoisotopic (exact) mass is 343 g/mol. The third-order valence-corrected chi connectivity index (χ3v) is 5.47. The lowest BCUT2D eigenvalue weighted by molar-refractivity contribution is -0.137. The standard InChI is InChI=1S/C20H29N3O2/c1-21(2)20(25)22-13-10-17(11-14-22)19(24)23-12-6-9-18(23)15-16-7-4-3-5-8-16/h3-5,7-8,17-18H,6,9-15H2,1-2H3. The molecule has 1 aromatic carbocycles. The Morgan fingerprint density at radius 1 is 1.04 bits per heavy atom. The fourth-order valence-corrected chi connectivity index (χ4v) is 4.06. The highest BCUT2D eigenvalue weighted by molar-refractivity contribution is 5.80. The van der Waals surface area contributed by atoms with Gasteiger partial charge in [-0.2, -0.15) is 0 Å². The van der Waals surface area contributed by atoms with Gasteiger partial charge < -0.3 is 14.7 Å². The molecule has 0 aromatic heterocycles. The number of benzene rings is 1. The number of rotatable bonds is 3. The maximum absolute atomic E-state index is 13.0. The van der Waals surface area contributed by atoms with E-state index in [-0.39, 0.29) is 11.9 Å². The Morgan fingerprint density at radius 3 is 2.36 bits per heavy atom. The molecule has 1 atom stereocenters. The van der Waals surface area contributed by atoms with Crippen molar-refractivity contribution in [2.24, 2.45) is 5.92 Å². The molecule has 2 fully saturated rings. The molecule has 136 valence electrons. The largest absolute Gasteiger partial charge is 0.339 e. The zero-order chi connectivity index (χ0) is 17.8. The van der Waals surface area contributed by atoms with E-state index in [0.717, 1.165) is 38.6 Å². The van der Waals surface area contributed by atoms with Crippen molar-refractivity contribution < 1.29 is 9.59 Å². The lowest BCUT2D eigenvalue weighted by Crippen LogP contribution is -2.48. The Balaban J connectivity index is 1.56. The second-order valence-corrected chi connectivity index (χ2v) is 7.46. The molecule has 1 aromatic rings. The van der Waals surface area contributed by atoms with Gasteiger partial charge in [-0.05, 0) is 37.7 Å². The molecule has 5 heteroatoms. The van der Waals surface area contributed by atoms with Crippen molar-refractivity contribution in [3.05, 3.63) is 35.9 Å². The Morgan fingerprint density at radius 2 is 1.72 bits per heavy atom. The Hall–Kier alpha value is -2.04. The van der Waals surface area contributed by atoms with Crippen LogP contribution in [0.1, 0.15) is 31.2 Å². The molecular weight excluding hydrogens is 314 g/mol. The molecule has 0 aliphatic carbocycles. The van der Waals surface area contributed by atoms with Crippen LogP contribution in [0.15, 0.2) is 30.3 Å². The highest BCUT2D eigenvalue weighted by atomic mass is 16.2. The normalized spacial score (nSPS) is 21.4. The second kappa shape index (κ2) is 7.89. The molecule has 0 saturated carbocycles. The van der Waals surface area contributed by atoms with Crippen LogP contribution in [0.2, 0.25) is 0 Å². The number of carbonyl (C=O) groups is 2. The molecule has 0 N–H and O–H groups in total. The summed E-state index contributed by atoms with van der Waals surface area (Å²) in [5, 5.41) is 0. The van der Waals surface area contributed by atoms with Crippen LogP contribution in [0.25, 0.3) is 0 Å². The molecule has 2 aliphatic heterocycles. The van der Waals surface area contributed by atoms with Gasteiger partial charge in [0.2, 0.25) is 5.91 Å². The highest BCUT2D eigenvalue weighted by Crippen LogP contribution is 2.27. The first-order valence-corrected chi connectivity index (χ1v) is 9.37. The predicted molar refractivity (Wildman–Crippen MR) is 98.3 cm³/mol. The van der Waals surface area contributed by atoms with Crippen LogP contribution in [-0.4, -0.2) is 66.4 Å². The van der Waals surface area contributed by atoms with Crippen LogP contribution in [0.3, 0.4) is 0 Å². The van der Waals surface area contributed by atoms with Gasteiger partial charge in [0.25, 0.3) is 0 Å². The Bertz CT molecular complexity index is 594. The van der Waals surface area contributed by atoms with Crippen molar-refractivity contribution >= 4 is 11.9 Å². The second-order valence-electron chi connectivity index (χ2n) is 7.46. The van der Waals surface area contributed by atoms with Crippen molar-refractivity contribution in [1.29, 1.82) is 0 Å². The number of likely N-dealkylation sites (tertiary alicyclic amines) is 2. The van der Waals surface area contributed by atoms with E-state index in [9.17, 15) is 9.59 Å². The fourth-order valence-electron chi connectivity index (χ4n) is 4.06. The fraction of sp³-hybridized carbons (Fsp3) is 0.600. The van der Waals surface area contributed by atoms with Gasteiger partial charge in [0.1, 0.15) is 0 Å². The van der Waals surface area contributed by atoms with Crippen molar-refractivity contribution in [2.75, 3.05) is 33.7 Å². The Labute approximate surface area is 150 Å². The SMILES string of the molecule is CN(C)C(=O)N1CCC(C(=O)N2CCCC2Cc2ccccc2)CC1. The van der Waals surface area contributed by atoms with Crippen LogP contribution < -0.4 is 0 Å². The topological polar surface area (TPSA) is 43.9 Å². The van der Waals surface area contributed by atoms with Crippen LogP contribution in [0.5, 0.6) is 0 Å². The molecular formula is C20H29N3O2. The lowest BCUT2D eigenvalue weighted by atomic mass is 9.94. The summed E-state index contributed by atoms with van der Waals surface area (Å²) in [6.45, 7) is 2.25.